The summed E-state index contributed by atoms with van der Waals surface area (Å²) in [4.78, 5) is 14.0. The van der Waals surface area contributed by atoms with Gasteiger partial charge in [0.15, 0.2) is 0 Å². The average molecular weight is 249 g/mol. The lowest BCUT2D eigenvalue weighted by atomic mass is 10.2. The van der Waals surface area contributed by atoms with Gasteiger partial charge in [-0.05, 0) is 19.1 Å². The van der Waals surface area contributed by atoms with Crippen LogP contribution in [0.2, 0.25) is 0 Å². The molecule has 1 saturated heterocycles. The van der Waals surface area contributed by atoms with Gasteiger partial charge in [-0.1, -0.05) is 12.1 Å². The van der Waals surface area contributed by atoms with Gasteiger partial charge in [-0.2, -0.15) is 0 Å². The number of amides is 2. The first-order valence-corrected chi connectivity index (χ1v) is 6.13. The van der Waals surface area contributed by atoms with Crippen LogP contribution in [0.4, 0.5) is 10.5 Å². The molecule has 0 radical (unpaired) electrons. The number of urea groups is 1. The molecule has 0 spiro atoms. The highest BCUT2D eigenvalue weighted by Crippen LogP contribution is 2.23. The van der Waals surface area contributed by atoms with E-state index < -0.39 is 0 Å². The average Bonchev–Trinajstić information content (AvgIpc) is 2.39. The van der Waals surface area contributed by atoms with Gasteiger partial charge in [-0.3, -0.25) is 0 Å². The number of benzene rings is 1. The molecule has 1 heterocycles. The second-order valence-corrected chi connectivity index (χ2v) is 4.38. The van der Waals surface area contributed by atoms with E-state index in [-0.39, 0.29) is 12.1 Å². The molecule has 0 bridgehead atoms. The van der Waals surface area contributed by atoms with Crippen LogP contribution in [0.5, 0.6) is 5.75 Å². The van der Waals surface area contributed by atoms with E-state index in [1.54, 1.807) is 7.11 Å². The Morgan fingerprint density at radius 1 is 1.50 bits per heavy atom. The highest BCUT2D eigenvalue weighted by molar-refractivity contribution is 5.91. The summed E-state index contributed by atoms with van der Waals surface area (Å²) in [5.74, 6) is 0.675. The van der Waals surface area contributed by atoms with Gasteiger partial charge in [0.1, 0.15) is 5.75 Å². The third-order valence-electron chi connectivity index (χ3n) is 3.11. The minimum Gasteiger partial charge on any atom is -0.495 e. The van der Waals surface area contributed by atoms with Crippen LogP contribution in [0.15, 0.2) is 24.3 Å². The molecule has 2 rings (SSSR count). The number of piperazine rings is 1. The Bertz CT molecular complexity index is 422. The number of nitrogens with one attached hydrogen (secondary N) is 2. The summed E-state index contributed by atoms with van der Waals surface area (Å²) < 4.78 is 5.21. The number of carbonyl (C=O) groups is 1. The molecule has 5 heteroatoms. The van der Waals surface area contributed by atoms with Crippen molar-refractivity contribution < 1.29 is 9.53 Å². The van der Waals surface area contributed by atoms with Crippen molar-refractivity contribution in [2.45, 2.75) is 13.0 Å². The normalized spacial score (nSPS) is 19.4. The molecule has 0 saturated carbocycles. The lowest BCUT2D eigenvalue weighted by Crippen LogP contribution is -2.53. The monoisotopic (exact) mass is 249 g/mol. The third kappa shape index (κ3) is 2.73. The lowest BCUT2D eigenvalue weighted by Gasteiger charge is -2.34. The van der Waals surface area contributed by atoms with E-state index >= 15 is 0 Å². The highest BCUT2D eigenvalue weighted by Gasteiger charge is 2.23. The quantitative estimate of drug-likeness (QED) is 0.835. The van der Waals surface area contributed by atoms with Gasteiger partial charge >= 0.3 is 6.03 Å². The van der Waals surface area contributed by atoms with Crippen LogP contribution in [0.1, 0.15) is 6.92 Å². The molecule has 2 N–H and O–H groups in total. The van der Waals surface area contributed by atoms with Gasteiger partial charge in [0, 0.05) is 25.7 Å². The Morgan fingerprint density at radius 3 is 3.00 bits per heavy atom. The summed E-state index contributed by atoms with van der Waals surface area (Å²) in [5, 5.41) is 6.16. The second-order valence-electron chi connectivity index (χ2n) is 4.38. The molecule has 1 fully saturated rings. The molecule has 2 amide bonds. The zero-order chi connectivity index (χ0) is 13.0. The maximum Gasteiger partial charge on any atom is 0.322 e. The number of methoxy groups -OCH3 is 1. The molecule has 1 aromatic carbocycles. The van der Waals surface area contributed by atoms with Crippen LogP contribution in [0.3, 0.4) is 0 Å². The van der Waals surface area contributed by atoms with Crippen LogP contribution in [0.25, 0.3) is 0 Å². The van der Waals surface area contributed by atoms with Crippen molar-refractivity contribution in [2.75, 3.05) is 32.1 Å². The van der Waals surface area contributed by atoms with Crippen molar-refractivity contribution in [3.8, 4) is 5.75 Å². The van der Waals surface area contributed by atoms with Crippen LogP contribution in [-0.4, -0.2) is 43.7 Å². The smallest absolute Gasteiger partial charge is 0.322 e. The van der Waals surface area contributed by atoms with Gasteiger partial charge in [-0.15, -0.1) is 0 Å². The summed E-state index contributed by atoms with van der Waals surface area (Å²) >= 11 is 0. The van der Waals surface area contributed by atoms with E-state index in [1.807, 2.05) is 36.1 Å². The van der Waals surface area contributed by atoms with E-state index in [0.717, 1.165) is 19.6 Å². The van der Waals surface area contributed by atoms with Crippen LogP contribution in [0, 0.1) is 0 Å². The fourth-order valence-corrected chi connectivity index (χ4v) is 2.08. The molecule has 0 aliphatic carbocycles. The molecule has 1 atom stereocenters. The summed E-state index contributed by atoms with van der Waals surface area (Å²) in [7, 11) is 1.60. The Balaban J connectivity index is 2.06. The summed E-state index contributed by atoms with van der Waals surface area (Å²) in [6.07, 6.45) is 0. The minimum absolute atomic E-state index is 0.0755. The largest absolute Gasteiger partial charge is 0.495 e. The molecule has 5 nitrogen and oxygen atoms in total. The van der Waals surface area contributed by atoms with E-state index in [1.165, 1.54) is 0 Å². The standard InChI is InChI=1S/C13H19N3O2/c1-10-9-14-7-8-16(10)13(17)15-11-5-3-4-6-12(11)18-2/h3-6,10,14H,7-9H2,1-2H3,(H,15,17)/t10-/m0/s1. The third-order valence-corrected chi connectivity index (χ3v) is 3.11. The van der Waals surface area contributed by atoms with Crippen molar-refractivity contribution in [1.29, 1.82) is 0 Å². The van der Waals surface area contributed by atoms with Crippen LogP contribution >= 0.6 is 0 Å². The van der Waals surface area contributed by atoms with Crippen molar-refractivity contribution in [1.82, 2.24) is 10.2 Å². The zero-order valence-corrected chi connectivity index (χ0v) is 10.8. The first-order valence-electron chi connectivity index (χ1n) is 6.13. The summed E-state index contributed by atoms with van der Waals surface area (Å²) in [5.41, 5.74) is 0.704. The fraction of sp³-hybridized carbons (Fsp3) is 0.462. The SMILES string of the molecule is COc1ccccc1NC(=O)N1CCNC[C@@H]1C. The second kappa shape index (κ2) is 5.73. The van der Waals surface area contributed by atoms with E-state index in [2.05, 4.69) is 10.6 Å². The van der Waals surface area contributed by atoms with Gasteiger partial charge in [-0.25, -0.2) is 4.79 Å². The molecular formula is C13H19N3O2. The number of hydrogen-bond donors (Lipinski definition) is 2. The number of ether oxygens (including phenoxy) is 1. The van der Waals surface area contributed by atoms with Crippen LogP contribution < -0.4 is 15.4 Å². The predicted octanol–water partition coefficient (Wildman–Crippen LogP) is 1.52. The van der Waals surface area contributed by atoms with Gasteiger partial charge in [0.2, 0.25) is 0 Å². The molecule has 0 aromatic heterocycles. The summed E-state index contributed by atoms with van der Waals surface area (Å²) in [6.45, 7) is 4.43. The maximum absolute atomic E-state index is 12.2. The molecule has 0 unspecified atom stereocenters. The Kier molecular flexibility index (Phi) is 4.04. The van der Waals surface area contributed by atoms with Crippen molar-refractivity contribution in [3.63, 3.8) is 0 Å². The van der Waals surface area contributed by atoms with Crippen LogP contribution in [-0.2, 0) is 0 Å². The van der Waals surface area contributed by atoms with Crippen molar-refractivity contribution in [2.24, 2.45) is 0 Å². The molecule has 1 aliphatic heterocycles. The molecule has 98 valence electrons. The van der Waals surface area contributed by atoms with Gasteiger partial charge in [0.05, 0.1) is 12.8 Å². The summed E-state index contributed by atoms with van der Waals surface area (Å²) in [6, 6.07) is 7.55. The Hall–Kier alpha value is -1.75. The molecular weight excluding hydrogens is 230 g/mol. The lowest BCUT2D eigenvalue weighted by molar-refractivity contribution is 0.177. The van der Waals surface area contributed by atoms with E-state index in [4.69, 9.17) is 4.74 Å². The minimum atomic E-state index is -0.0755. The number of anilines is 1. The van der Waals surface area contributed by atoms with E-state index in [9.17, 15) is 4.79 Å². The van der Waals surface area contributed by atoms with Gasteiger partial charge < -0.3 is 20.3 Å². The highest BCUT2D eigenvalue weighted by atomic mass is 16.5. The van der Waals surface area contributed by atoms with E-state index in [0.29, 0.717) is 11.4 Å². The van der Waals surface area contributed by atoms with Gasteiger partial charge in [0.25, 0.3) is 0 Å². The number of rotatable bonds is 2. The first-order chi connectivity index (χ1) is 8.72. The number of nitrogens with zero attached hydrogens (tertiary/aromatic N) is 1. The number of carbonyl (C=O) groups excluding carboxylic acids is 1. The van der Waals surface area contributed by atoms with Crippen molar-refractivity contribution >= 4 is 11.7 Å². The number of para-hydroxylation sites is 2. The topological polar surface area (TPSA) is 53.6 Å². The fourth-order valence-electron chi connectivity index (χ4n) is 2.08. The Morgan fingerprint density at radius 2 is 2.28 bits per heavy atom. The van der Waals surface area contributed by atoms with Crippen molar-refractivity contribution in [3.05, 3.63) is 24.3 Å². The molecule has 1 aliphatic rings. The molecule has 1 aromatic rings. The Labute approximate surface area is 107 Å². The first kappa shape index (κ1) is 12.7. The number of hydrogen-bond acceptors (Lipinski definition) is 3. The zero-order valence-electron chi connectivity index (χ0n) is 10.8. The molecule has 18 heavy (non-hydrogen) atoms. The maximum atomic E-state index is 12.2. The predicted molar refractivity (Wildman–Crippen MR) is 71.1 cm³/mol.